The minimum atomic E-state index is -0.407. The number of nitrogens with two attached hydrogens (primary N) is 1. The van der Waals surface area contributed by atoms with E-state index in [1.807, 2.05) is 5.43 Å². The van der Waals surface area contributed by atoms with Crippen LogP contribution in [0, 0.1) is 0 Å². The molecule has 2 heterocycles. The van der Waals surface area contributed by atoms with Gasteiger partial charge in [0.15, 0.2) is 0 Å². The lowest BCUT2D eigenvalue weighted by Crippen LogP contribution is -2.29. The Morgan fingerprint density at radius 2 is 2.31 bits per heavy atom. The maximum atomic E-state index is 11.8. The number of hydrazine groups is 1. The first-order valence-electron chi connectivity index (χ1n) is 4.35. The van der Waals surface area contributed by atoms with Crippen LogP contribution in [0.25, 0.3) is 10.1 Å². The molecule has 1 amide bonds. The number of aryl methyl sites for hydroxylation is 1. The van der Waals surface area contributed by atoms with Crippen molar-refractivity contribution in [3.8, 4) is 0 Å². The van der Waals surface area contributed by atoms with E-state index in [0.29, 0.717) is 14.0 Å². The van der Waals surface area contributed by atoms with E-state index in [-0.39, 0.29) is 5.56 Å². The van der Waals surface area contributed by atoms with Crippen molar-refractivity contribution in [2.24, 2.45) is 12.9 Å². The molecule has 0 atom stereocenters. The van der Waals surface area contributed by atoms with Crippen LogP contribution in [0.2, 0.25) is 0 Å². The van der Waals surface area contributed by atoms with Crippen LogP contribution in [-0.4, -0.2) is 10.5 Å². The topological polar surface area (TPSA) is 77.1 Å². The zero-order valence-corrected chi connectivity index (χ0v) is 10.7. The van der Waals surface area contributed by atoms with E-state index in [1.54, 1.807) is 19.3 Å². The van der Waals surface area contributed by atoms with Gasteiger partial charge in [0.1, 0.15) is 9.58 Å². The Balaban J connectivity index is 2.83. The molecule has 0 saturated heterocycles. The van der Waals surface area contributed by atoms with Crippen molar-refractivity contribution < 1.29 is 4.79 Å². The number of fused-ring (bicyclic) bond motifs is 1. The Hall–Kier alpha value is -1.18. The lowest BCUT2D eigenvalue weighted by molar-refractivity contribution is 0.0957. The average Bonchev–Trinajstić information content (AvgIpc) is 2.61. The third-order valence-electron chi connectivity index (χ3n) is 2.20. The molecular formula is C9H8BrN3O2S. The second-order valence-electron chi connectivity index (χ2n) is 3.19. The quantitative estimate of drug-likeness (QED) is 0.468. The Morgan fingerprint density at radius 1 is 1.62 bits per heavy atom. The summed E-state index contributed by atoms with van der Waals surface area (Å²) < 4.78 is 2.61. The molecule has 0 bridgehead atoms. The highest BCUT2D eigenvalue weighted by Gasteiger charge is 2.17. The zero-order chi connectivity index (χ0) is 11.9. The van der Waals surface area contributed by atoms with Crippen molar-refractivity contribution in [3.63, 3.8) is 0 Å². The van der Waals surface area contributed by atoms with Gasteiger partial charge >= 0.3 is 0 Å². The number of nitrogen functional groups attached to an aromatic ring is 1. The second kappa shape index (κ2) is 4.00. The molecule has 5 nitrogen and oxygen atoms in total. The van der Waals surface area contributed by atoms with Gasteiger partial charge in [0.05, 0.1) is 0 Å². The van der Waals surface area contributed by atoms with Gasteiger partial charge < -0.3 is 4.57 Å². The van der Waals surface area contributed by atoms with Gasteiger partial charge in [-0.2, -0.15) is 0 Å². The predicted molar refractivity (Wildman–Crippen MR) is 66.4 cm³/mol. The largest absolute Gasteiger partial charge is 0.317 e. The summed E-state index contributed by atoms with van der Waals surface area (Å²) in [5.74, 6) is 4.66. The highest BCUT2D eigenvalue weighted by atomic mass is 79.9. The molecule has 0 spiro atoms. The number of rotatable bonds is 1. The van der Waals surface area contributed by atoms with Gasteiger partial charge in [0, 0.05) is 23.1 Å². The number of halogens is 1. The van der Waals surface area contributed by atoms with E-state index in [9.17, 15) is 9.59 Å². The molecule has 7 heteroatoms. The van der Waals surface area contributed by atoms with E-state index in [0.717, 1.165) is 16.7 Å². The molecule has 2 rings (SSSR count). The summed E-state index contributed by atoms with van der Waals surface area (Å²) in [6, 6.07) is 1.78. The molecule has 0 aliphatic carbocycles. The van der Waals surface area contributed by atoms with Gasteiger partial charge in [-0.1, -0.05) is 0 Å². The zero-order valence-electron chi connectivity index (χ0n) is 8.28. The number of aromatic nitrogens is 1. The number of nitrogens with zero attached hydrogens (tertiary/aromatic N) is 1. The number of amides is 1. The molecule has 0 saturated carbocycles. The number of carbonyl (C=O) groups is 1. The van der Waals surface area contributed by atoms with Gasteiger partial charge in [-0.15, -0.1) is 11.3 Å². The van der Waals surface area contributed by atoms with E-state index in [1.165, 1.54) is 4.57 Å². The lowest BCUT2D eigenvalue weighted by Gasteiger charge is -1.95. The molecular weight excluding hydrogens is 294 g/mol. The van der Waals surface area contributed by atoms with Crippen molar-refractivity contribution in [3.05, 3.63) is 32.0 Å². The van der Waals surface area contributed by atoms with Crippen molar-refractivity contribution in [2.45, 2.75) is 0 Å². The standard InChI is InChI=1S/C9H8BrN3O2S/c1-13-3-2-4-5(10)7(8(14)12-11)16-6(4)9(13)15/h2-3H,11H2,1H3,(H,12,14). The van der Waals surface area contributed by atoms with Crippen LogP contribution in [0.1, 0.15) is 9.67 Å². The molecule has 84 valence electrons. The van der Waals surface area contributed by atoms with E-state index >= 15 is 0 Å². The summed E-state index contributed by atoms with van der Waals surface area (Å²) in [5.41, 5.74) is 1.92. The van der Waals surface area contributed by atoms with Crippen molar-refractivity contribution >= 4 is 43.3 Å². The molecule has 16 heavy (non-hydrogen) atoms. The first-order valence-corrected chi connectivity index (χ1v) is 5.95. The summed E-state index contributed by atoms with van der Waals surface area (Å²) in [5, 5.41) is 0.728. The van der Waals surface area contributed by atoms with Gasteiger partial charge in [0.2, 0.25) is 0 Å². The minimum absolute atomic E-state index is 0.126. The molecule has 2 aromatic heterocycles. The Bertz CT molecular complexity index is 631. The van der Waals surface area contributed by atoms with Crippen LogP contribution >= 0.6 is 27.3 Å². The average molecular weight is 302 g/mol. The molecule has 3 N–H and O–H groups in total. The summed E-state index contributed by atoms with van der Waals surface area (Å²) in [4.78, 5) is 23.6. The summed E-state index contributed by atoms with van der Waals surface area (Å²) in [6.45, 7) is 0. The van der Waals surface area contributed by atoms with Gasteiger partial charge in [-0.05, 0) is 22.0 Å². The summed E-state index contributed by atoms with van der Waals surface area (Å²) >= 11 is 4.42. The smallest absolute Gasteiger partial charge is 0.276 e. The predicted octanol–water partition coefficient (Wildman–Crippen LogP) is 0.966. The van der Waals surface area contributed by atoms with Gasteiger partial charge in [-0.3, -0.25) is 15.0 Å². The number of hydrogen-bond acceptors (Lipinski definition) is 4. The Kier molecular flexibility index (Phi) is 2.83. The van der Waals surface area contributed by atoms with Crippen molar-refractivity contribution in [1.82, 2.24) is 9.99 Å². The maximum absolute atomic E-state index is 11.8. The third-order valence-corrected chi connectivity index (χ3v) is 4.48. The molecule has 0 radical (unpaired) electrons. The van der Waals surface area contributed by atoms with E-state index in [2.05, 4.69) is 15.9 Å². The molecule has 0 aliphatic heterocycles. The fraction of sp³-hybridized carbons (Fsp3) is 0.111. The SMILES string of the molecule is Cn1ccc2c(Br)c(C(=O)NN)sc2c1=O. The lowest BCUT2D eigenvalue weighted by atomic mass is 10.3. The van der Waals surface area contributed by atoms with E-state index < -0.39 is 5.91 Å². The molecule has 0 aromatic carbocycles. The first-order chi connectivity index (χ1) is 7.56. The highest BCUT2D eigenvalue weighted by molar-refractivity contribution is 9.10. The summed E-state index contributed by atoms with van der Waals surface area (Å²) in [6.07, 6.45) is 1.66. The van der Waals surface area contributed by atoms with Crippen molar-refractivity contribution in [2.75, 3.05) is 0 Å². The van der Waals surface area contributed by atoms with Crippen LogP contribution < -0.4 is 16.8 Å². The molecule has 0 aliphatic rings. The molecule has 0 fully saturated rings. The van der Waals surface area contributed by atoms with Crippen LogP contribution in [0.5, 0.6) is 0 Å². The fourth-order valence-corrected chi connectivity index (χ4v) is 3.31. The monoisotopic (exact) mass is 301 g/mol. The number of nitrogens with one attached hydrogen (secondary N) is 1. The van der Waals surface area contributed by atoms with E-state index in [4.69, 9.17) is 5.84 Å². The Labute approximate surface area is 103 Å². The summed E-state index contributed by atoms with van der Waals surface area (Å²) in [7, 11) is 1.66. The molecule has 0 unspecified atom stereocenters. The van der Waals surface area contributed by atoms with Crippen LogP contribution in [0.3, 0.4) is 0 Å². The van der Waals surface area contributed by atoms with Crippen molar-refractivity contribution in [1.29, 1.82) is 0 Å². The fourth-order valence-electron chi connectivity index (χ4n) is 1.36. The number of thiophene rings is 1. The van der Waals surface area contributed by atoms with Crippen LogP contribution in [0.15, 0.2) is 21.5 Å². The number of hydrogen-bond donors (Lipinski definition) is 2. The first kappa shape index (κ1) is 11.3. The normalized spacial score (nSPS) is 10.7. The van der Waals surface area contributed by atoms with Crippen LogP contribution in [0.4, 0.5) is 0 Å². The third kappa shape index (κ3) is 1.57. The molecule has 2 aromatic rings. The highest BCUT2D eigenvalue weighted by Crippen LogP contribution is 2.33. The minimum Gasteiger partial charge on any atom is -0.317 e. The maximum Gasteiger partial charge on any atom is 0.276 e. The number of pyridine rings is 1. The second-order valence-corrected chi connectivity index (χ2v) is 5.01. The Morgan fingerprint density at radius 3 is 2.94 bits per heavy atom. The van der Waals surface area contributed by atoms with Crippen LogP contribution in [-0.2, 0) is 7.05 Å². The number of carbonyl (C=O) groups excluding carboxylic acids is 1. The van der Waals surface area contributed by atoms with Gasteiger partial charge in [-0.25, -0.2) is 5.84 Å². The van der Waals surface area contributed by atoms with Gasteiger partial charge in [0.25, 0.3) is 11.5 Å².